The first-order valence-corrected chi connectivity index (χ1v) is 20.9. The summed E-state index contributed by atoms with van der Waals surface area (Å²) < 4.78 is 11.3. The fourth-order valence-electron chi connectivity index (χ4n) is 5.59. The first kappa shape index (κ1) is 46.5. The number of allylic oxidation sites excluding steroid dienone is 1. The summed E-state index contributed by atoms with van der Waals surface area (Å²) in [6.45, 7) is 9.18. The summed E-state index contributed by atoms with van der Waals surface area (Å²) >= 11 is 1.37. The van der Waals surface area contributed by atoms with E-state index in [1.165, 1.54) is 82.4 Å². The number of nitrogens with zero attached hydrogens (tertiary/aromatic N) is 2. The first-order valence-electron chi connectivity index (χ1n) is 19.9. The third-order valence-corrected chi connectivity index (χ3v) is 9.57. The zero-order chi connectivity index (χ0) is 35.5. The van der Waals surface area contributed by atoms with Crippen LogP contribution in [0.4, 0.5) is 4.79 Å². The van der Waals surface area contributed by atoms with Crippen molar-refractivity contribution in [2.24, 2.45) is 0 Å². The topological polar surface area (TPSA) is 76.1 Å². The number of esters is 2. The molecule has 1 atom stereocenters. The lowest BCUT2D eigenvalue weighted by atomic mass is 10.0. The maximum Gasteiger partial charge on any atom is 0.306 e. The Balaban J connectivity index is 4.51. The van der Waals surface area contributed by atoms with Crippen molar-refractivity contribution in [3.63, 3.8) is 0 Å². The van der Waals surface area contributed by atoms with Gasteiger partial charge < -0.3 is 19.3 Å². The predicted molar refractivity (Wildman–Crippen MR) is 206 cm³/mol. The van der Waals surface area contributed by atoms with Crippen LogP contribution in [0.1, 0.15) is 175 Å². The first-order chi connectivity index (χ1) is 23.3. The SMILES string of the molecule is CCCCCC/C=C\COC(=O)CCCCCCCN(CCCC(=O)OC(CCCCCC)CCCCCCC)C(=O)SCCN(C)C. The molecule has 8 heteroatoms. The fourth-order valence-corrected chi connectivity index (χ4v) is 6.58. The predicted octanol–water partition coefficient (Wildman–Crippen LogP) is 11.1. The molecule has 0 saturated carbocycles. The van der Waals surface area contributed by atoms with E-state index in [0.717, 1.165) is 76.5 Å². The molecule has 282 valence electrons. The third kappa shape index (κ3) is 31.7. The molecular weight excluding hydrogens is 621 g/mol. The Morgan fingerprint density at radius 2 is 1.15 bits per heavy atom. The van der Waals surface area contributed by atoms with Gasteiger partial charge in [-0.1, -0.05) is 128 Å². The van der Waals surface area contributed by atoms with Crippen LogP contribution in [-0.4, -0.2) is 79.2 Å². The van der Waals surface area contributed by atoms with Gasteiger partial charge in [0.25, 0.3) is 5.24 Å². The highest BCUT2D eigenvalue weighted by molar-refractivity contribution is 8.13. The van der Waals surface area contributed by atoms with Crippen molar-refractivity contribution in [1.82, 2.24) is 9.80 Å². The van der Waals surface area contributed by atoms with Gasteiger partial charge in [-0.25, -0.2) is 0 Å². The molecule has 0 aliphatic heterocycles. The molecule has 0 aromatic rings. The quantitative estimate of drug-likeness (QED) is 0.0376. The van der Waals surface area contributed by atoms with E-state index in [0.29, 0.717) is 39.0 Å². The molecule has 0 saturated heterocycles. The molecule has 0 bridgehead atoms. The maximum atomic E-state index is 13.1. The molecule has 0 rings (SSSR count). The van der Waals surface area contributed by atoms with Gasteiger partial charge in [0.2, 0.25) is 0 Å². The van der Waals surface area contributed by atoms with Crippen LogP contribution in [-0.2, 0) is 19.1 Å². The van der Waals surface area contributed by atoms with Crippen LogP contribution in [0.15, 0.2) is 12.2 Å². The van der Waals surface area contributed by atoms with Crippen molar-refractivity contribution in [3.8, 4) is 0 Å². The van der Waals surface area contributed by atoms with Gasteiger partial charge in [-0.2, -0.15) is 0 Å². The molecule has 0 aliphatic rings. The normalized spacial score (nSPS) is 12.1. The minimum absolute atomic E-state index is 0.0270. The van der Waals surface area contributed by atoms with Crippen LogP contribution in [0.25, 0.3) is 0 Å². The standard InChI is InChI=1S/C40H76N2O5S/c1-6-9-12-15-16-21-26-35-46-38(43)30-24-19-17-20-25-32-42(40(45)48-36-34-41(4)5)33-27-31-39(44)47-37(28-22-14-11-8-3)29-23-18-13-10-7-2/h21,26,37H,6-20,22-25,27-36H2,1-5H3/b26-21-. The maximum absolute atomic E-state index is 13.1. The second-order valence-electron chi connectivity index (χ2n) is 13.7. The highest BCUT2D eigenvalue weighted by Gasteiger charge is 2.17. The Morgan fingerprint density at radius 3 is 1.81 bits per heavy atom. The van der Waals surface area contributed by atoms with Gasteiger partial charge in [-0.3, -0.25) is 14.4 Å². The number of amides is 1. The summed E-state index contributed by atoms with van der Waals surface area (Å²) in [5.74, 6) is 0.520. The highest BCUT2D eigenvalue weighted by atomic mass is 32.2. The Morgan fingerprint density at radius 1 is 0.604 bits per heavy atom. The average molecular weight is 697 g/mol. The third-order valence-electron chi connectivity index (χ3n) is 8.68. The molecule has 0 aliphatic carbocycles. The fraction of sp³-hybridized carbons (Fsp3) is 0.875. The Hall–Kier alpha value is -1.54. The van der Waals surface area contributed by atoms with E-state index >= 15 is 0 Å². The van der Waals surface area contributed by atoms with Crippen molar-refractivity contribution in [2.45, 2.75) is 181 Å². The summed E-state index contributed by atoms with van der Waals surface area (Å²) in [6.07, 6.45) is 29.2. The van der Waals surface area contributed by atoms with Gasteiger partial charge in [0.05, 0.1) is 0 Å². The van der Waals surface area contributed by atoms with E-state index in [2.05, 4.69) is 31.7 Å². The van der Waals surface area contributed by atoms with E-state index in [1.54, 1.807) is 0 Å². The second kappa shape index (κ2) is 35.3. The van der Waals surface area contributed by atoms with Crippen LogP contribution in [0.5, 0.6) is 0 Å². The average Bonchev–Trinajstić information content (AvgIpc) is 3.06. The number of hydrogen-bond acceptors (Lipinski definition) is 7. The van der Waals surface area contributed by atoms with Crippen molar-refractivity contribution in [1.29, 1.82) is 0 Å². The lowest BCUT2D eigenvalue weighted by Crippen LogP contribution is -2.31. The Labute approximate surface area is 301 Å². The van der Waals surface area contributed by atoms with Gasteiger partial charge in [0.1, 0.15) is 12.7 Å². The number of rotatable bonds is 34. The summed E-state index contributed by atoms with van der Waals surface area (Å²) in [5.41, 5.74) is 0. The van der Waals surface area contributed by atoms with Gasteiger partial charge >= 0.3 is 11.9 Å². The van der Waals surface area contributed by atoms with Crippen LogP contribution < -0.4 is 0 Å². The molecule has 0 heterocycles. The van der Waals surface area contributed by atoms with Crippen molar-refractivity contribution >= 4 is 28.9 Å². The second-order valence-corrected chi connectivity index (χ2v) is 14.7. The van der Waals surface area contributed by atoms with Crippen LogP contribution in [0.3, 0.4) is 0 Å². The zero-order valence-electron chi connectivity index (χ0n) is 32.1. The molecule has 1 unspecified atom stereocenters. The number of thioether (sulfide) groups is 1. The van der Waals surface area contributed by atoms with E-state index in [9.17, 15) is 14.4 Å². The molecule has 0 N–H and O–H groups in total. The van der Waals surface area contributed by atoms with Gasteiger partial charge in [0.15, 0.2) is 0 Å². The number of unbranched alkanes of at least 4 members (excludes halogenated alkanes) is 15. The number of carbonyl (C=O) groups is 3. The van der Waals surface area contributed by atoms with Crippen LogP contribution in [0.2, 0.25) is 0 Å². The lowest BCUT2D eigenvalue weighted by Gasteiger charge is -2.23. The van der Waals surface area contributed by atoms with E-state index in [1.807, 2.05) is 25.1 Å². The van der Waals surface area contributed by atoms with Crippen molar-refractivity contribution in [3.05, 3.63) is 12.2 Å². The minimum atomic E-state index is -0.120. The van der Waals surface area contributed by atoms with Crippen molar-refractivity contribution in [2.75, 3.05) is 46.1 Å². The zero-order valence-corrected chi connectivity index (χ0v) is 32.9. The van der Waals surface area contributed by atoms with Crippen molar-refractivity contribution < 1.29 is 23.9 Å². The molecule has 1 amide bonds. The van der Waals surface area contributed by atoms with Crippen LogP contribution >= 0.6 is 11.8 Å². The highest BCUT2D eigenvalue weighted by Crippen LogP contribution is 2.18. The molecule has 7 nitrogen and oxygen atoms in total. The summed E-state index contributed by atoms with van der Waals surface area (Å²) in [6, 6.07) is 0. The Kier molecular flexibility index (Phi) is 34.2. The largest absolute Gasteiger partial charge is 0.462 e. The molecular formula is C40H76N2O5S. The lowest BCUT2D eigenvalue weighted by molar-refractivity contribution is -0.150. The summed E-state index contributed by atoms with van der Waals surface area (Å²) in [5, 5.41) is 0.101. The number of carbonyl (C=O) groups excluding carboxylic acids is 3. The molecule has 0 radical (unpaired) electrons. The smallest absolute Gasteiger partial charge is 0.306 e. The number of hydrogen-bond donors (Lipinski definition) is 0. The van der Waals surface area contributed by atoms with E-state index in [4.69, 9.17) is 9.47 Å². The Bertz CT molecular complexity index is 792. The van der Waals surface area contributed by atoms with Crippen LogP contribution in [0, 0.1) is 0 Å². The minimum Gasteiger partial charge on any atom is -0.462 e. The van der Waals surface area contributed by atoms with Gasteiger partial charge in [0, 0.05) is 38.2 Å². The molecule has 48 heavy (non-hydrogen) atoms. The summed E-state index contributed by atoms with van der Waals surface area (Å²) in [4.78, 5) is 41.9. The van der Waals surface area contributed by atoms with E-state index in [-0.39, 0.29) is 23.3 Å². The molecule has 0 fully saturated rings. The summed E-state index contributed by atoms with van der Waals surface area (Å²) in [7, 11) is 4.04. The number of ether oxygens (including phenoxy) is 2. The molecule has 0 aromatic heterocycles. The van der Waals surface area contributed by atoms with Gasteiger partial charge in [-0.05, 0) is 71.9 Å². The van der Waals surface area contributed by atoms with Gasteiger partial charge in [-0.15, -0.1) is 0 Å². The molecule has 0 aromatic carbocycles. The molecule has 0 spiro atoms. The van der Waals surface area contributed by atoms with E-state index < -0.39 is 0 Å². The monoisotopic (exact) mass is 697 g/mol.